The highest BCUT2D eigenvalue weighted by atomic mass is 32.2. The fourth-order valence-electron chi connectivity index (χ4n) is 3.10. The van der Waals surface area contributed by atoms with Gasteiger partial charge in [-0.05, 0) is 19.1 Å². The number of ether oxygens (including phenoxy) is 2. The van der Waals surface area contributed by atoms with Gasteiger partial charge in [0, 0.05) is 23.1 Å². The van der Waals surface area contributed by atoms with E-state index in [4.69, 9.17) is 14.4 Å². The highest BCUT2D eigenvalue weighted by Crippen LogP contribution is 2.41. The van der Waals surface area contributed by atoms with E-state index in [-0.39, 0.29) is 5.76 Å². The first kappa shape index (κ1) is 18.9. The Labute approximate surface area is 156 Å². The van der Waals surface area contributed by atoms with E-state index in [1.54, 1.807) is 19.1 Å². The van der Waals surface area contributed by atoms with Gasteiger partial charge in [-0.25, -0.2) is 9.65 Å². The molecule has 4 unspecified atom stereocenters. The SMILES string of the molecule is COC1/C(=C(\OO)c2ccccc2)C(C)OC(F)C1Sc1ccccc1. The van der Waals surface area contributed by atoms with Crippen LogP contribution in [0.4, 0.5) is 4.39 Å². The molecule has 1 aliphatic rings. The lowest BCUT2D eigenvalue weighted by Crippen LogP contribution is -2.47. The lowest BCUT2D eigenvalue weighted by molar-refractivity contribution is -0.176. The van der Waals surface area contributed by atoms with Gasteiger partial charge in [0.15, 0.2) is 5.76 Å². The molecule has 138 valence electrons. The van der Waals surface area contributed by atoms with Crippen molar-refractivity contribution in [3.63, 3.8) is 0 Å². The summed E-state index contributed by atoms with van der Waals surface area (Å²) in [6.07, 6.45) is -2.74. The highest BCUT2D eigenvalue weighted by Gasteiger charge is 2.44. The molecule has 0 aliphatic carbocycles. The minimum atomic E-state index is -1.51. The van der Waals surface area contributed by atoms with Crippen LogP contribution >= 0.6 is 11.8 Å². The number of hydrogen-bond acceptors (Lipinski definition) is 5. The number of halogens is 1. The first-order valence-electron chi connectivity index (χ1n) is 8.30. The standard InChI is InChI=1S/C20H21FO4S/c1-13-16(17(25-22)14-9-5-3-6-10-14)18(23-2)19(20(21)24-13)26-15-11-7-4-8-12-15/h3-13,18-20,22H,1-2H3/b17-16-. The Morgan fingerprint density at radius 1 is 1.08 bits per heavy atom. The predicted octanol–water partition coefficient (Wildman–Crippen LogP) is 4.78. The third-order valence-electron chi connectivity index (χ3n) is 4.29. The molecule has 1 heterocycles. The number of alkyl halides is 1. The summed E-state index contributed by atoms with van der Waals surface area (Å²) in [6, 6.07) is 18.7. The molecule has 4 nitrogen and oxygen atoms in total. The van der Waals surface area contributed by atoms with Crippen molar-refractivity contribution < 1.29 is 24.0 Å². The number of rotatable bonds is 5. The molecule has 0 radical (unpaired) electrons. The minimum absolute atomic E-state index is 0.232. The first-order chi connectivity index (χ1) is 12.7. The molecular formula is C20H21FO4S. The maximum atomic E-state index is 14.7. The van der Waals surface area contributed by atoms with Crippen LogP contribution < -0.4 is 0 Å². The summed E-state index contributed by atoms with van der Waals surface area (Å²) in [5, 5.41) is 8.90. The van der Waals surface area contributed by atoms with E-state index in [0.29, 0.717) is 11.1 Å². The van der Waals surface area contributed by atoms with Crippen LogP contribution in [0.2, 0.25) is 0 Å². The summed E-state index contributed by atoms with van der Waals surface area (Å²) in [6.45, 7) is 1.72. The highest BCUT2D eigenvalue weighted by molar-refractivity contribution is 8.00. The molecule has 3 rings (SSSR count). The van der Waals surface area contributed by atoms with Crippen LogP contribution in [-0.4, -0.2) is 36.2 Å². The van der Waals surface area contributed by atoms with Crippen molar-refractivity contribution in [3.05, 3.63) is 71.8 Å². The van der Waals surface area contributed by atoms with Gasteiger partial charge in [0.25, 0.3) is 0 Å². The van der Waals surface area contributed by atoms with Crippen LogP contribution in [-0.2, 0) is 14.4 Å². The summed E-state index contributed by atoms with van der Waals surface area (Å²) >= 11 is 1.34. The molecule has 0 bridgehead atoms. The fraction of sp³-hybridized carbons (Fsp3) is 0.300. The zero-order valence-electron chi connectivity index (χ0n) is 14.5. The lowest BCUT2D eigenvalue weighted by atomic mass is 9.94. The Hall–Kier alpha value is -1.86. The first-order valence-corrected chi connectivity index (χ1v) is 9.18. The van der Waals surface area contributed by atoms with E-state index in [9.17, 15) is 9.65 Å². The number of thioether (sulfide) groups is 1. The molecule has 0 saturated carbocycles. The zero-order chi connectivity index (χ0) is 18.5. The topological polar surface area (TPSA) is 47.9 Å². The van der Waals surface area contributed by atoms with Gasteiger partial charge >= 0.3 is 0 Å². The molecular weight excluding hydrogens is 355 g/mol. The molecule has 1 N–H and O–H groups in total. The van der Waals surface area contributed by atoms with Crippen molar-refractivity contribution in [2.45, 2.75) is 35.6 Å². The molecule has 0 aromatic heterocycles. The molecule has 2 aromatic carbocycles. The lowest BCUT2D eigenvalue weighted by Gasteiger charge is -2.39. The number of hydrogen-bond donors (Lipinski definition) is 1. The summed E-state index contributed by atoms with van der Waals surface area (Å²) < 4.78 is 25.9. The van der Waals surface area contributed by atoms with Gasteiger partial charge in [0.2, 0.25) is 6.36 Å². The van der Waals surface area contributed by atoms with E-state index in [2.05, 4.69) is 0 Å². The second-order valence-corrected chi connectivity index (χ2v) is 7.17. The summed E-state index contributed by atoms with van der Waals surface area (Å²) in [4.78, 5) is 5.61. The molecule has 4 atom stereocenters. The third-order valence-corrected chi connectivity index (χ3v) is 5.57. The molecule has 1 fully saturated rings. The third kappa shape index (κ3) is 3.94. The Balaban J connectivity index is 2.01. The summed E-state index contributed by atoms with van der Waals surface area (Å²) in [5.41, 5.74) is 1.24. The summed E-state index contributed by atoms with van der Waals surface area (Å²) in [7, 11) is 1.52. The molecule has 26 heavy (non-hydrogen) atoms. The van der Waals surface area contributed by atoms with Gasteiger partial charge in [0.05, 0.1) is 11.4 Å². The van der Waals surface area contributed by atoms with Gasteiger partial charge in [-0.15, -0.1) is 11.8 Å². The normalized spacial score (nSPS) is 27.8. The Kier molecular flexibility index (Phi) is 6.32. The van der Waals surface area contributed by atoms with Crippen molar-refractivity contribution in [2.75, 3.05) is 7.11 Å². The van der Waals surface area contributed by atoms with Crippen molar-refractivity contribution in [1.82, 2.24) is 0 Å². The zero-order valence-corrected chi connectivity index (χ0v) is 15.4. The van der Waals surface area contributed by atoms with Crippen molar-refractivity contribution >= 4 is 17.5 Å². The van der Waals surface area contributed by atoms with Crippen LogP contribution in [0, 0.1) is 0 Å². The van der Waals surface area contributed by atoms with Crippen LogP contribution in [0.5, 0.6) is 0 Å². The van der Waals surface area contributed by atoms with Gasteiger partial charge in [-0.2, -0.15) is 0 Å². The van der Waals surface area contributed by atoms with Crippen LogP contribution in [0.25, 0.3) is 5.76 Å². The van der Waals surface area contributed by atoms with Crippen LogP contribution in [0.1, 0.15) is 12.5 Å². The fourth-order valence-corrected chi connectivity index (χ4v) is 4.28. The average Bonchev–Trinajstić information content (AvgIpc) is 2.67. The van der Waals surface area contributed by atoms with Gasteiger partial charge in [-0.1, -0.05) is 48.5 Å². The van der Waals surface area contributed by atoms with E-state index in [1.165, 1.54) is 18.9 Å². The molecule has 2 aromatic rings. The molecule has 1 saturated heterocycles. The van der Waals surface area contributed by atoms with Gasteiger partial charge in [0.1, 0.15) is 6.10 Å². The Morgan fingerprint density at radius 3 is 2.27 bits per heavy atom. The molecule has 0 amide bonds. The van der Waals surface area contributed by atoms with Crippen LogP contribution in [0.15, 0.2) is 71.1 Å². The molecule has 1 aliphatic heterocycles. The van der Waals surface area contributed by atoms with Crippen LogP contribution in [0.3, 0.4) is 0 Å². The van der Waals surface area contributed by atoms with E-state index in [1.807, 2.05) is 48.5 Å². The van der Waals surface area contributed by atoms with E-state index in [0.717, 1.165) is 4.90 Å². The number of benzene rings is 2. The molecule has 6 heteroatoms. The quantitative estimate of drug-likeness (QED) is 0.462. The average molecular weight is 376 g/mol. The maximum absolute atomic E-state index is 14.7. The van der Waals surface area contributed by atoms with E-state index < -0.39 is 23.8 Å². The van der Waals surface area contributed by atoms with Crippen molar-refractivity contribution in [2.24, 2.45) is 0 Å². The molecule has 0 spiro atoms. The predicted molar refractivity (Wildman–Crippen MR) is 99.4 cm³/mol. The summed E-state index contributed by atoms with van der Waals surface area (Å²) in [5.74, 6) is 0.232. The Morgan fingerprint density at radius 2 is 1.69 bits per heavy atom. The van der Waals surface area contributed by atoms with Gasteiger partial charge in [-0.3, -0.25) is 0 Å². The minimum Gasteiger partial charge on any atom is -0.375 e. The van der Waals surface area contributed by atoms with Gasteiger partial charge < -0.3 is 14.4 Å². The van der Waals surface area contributed by atoms with Crippen molar-refractivity contribution in [1.29, 1.82) is 0 Å². The Bertz CT molecular complexity index is 738. The maximum Gasteiger partial charge on any atom is 0.214 e. The largest absolute Gasteiger partial charge is 0.375 e. The second-order valence-electron chi connectivity index (χ2n) is 5.92. The van der Waals surface area contributed by atoms with E-state index >= 15 is 0 Å². The van der Waals surface area contributed by atoms with Crippen molar-refractivity contribution in [3.8, 4) is 0 Å². The monoisotopic (exact) mass is 376 g/mol. The smallest absolute Gasteiger partial charge is 0.214 e. The second kappa shape index (κ2) is 8.68. The number of methoxy groups -OCH3 is 1.